The third-order valence-corrected chi connectivity index (χ3v) is 6.30. The Kier molecular flexibility index (Phi) is 6.08. The second-order valence-electron chi connectivity index (χ2n) is 7.71. The molecule has 0 aliphatic carbocycles. The Morgan fingerprint density at radius 1 is 1.03 bits per heavy atom. The molecule has 1 amide bonds. The van der Waals surface area contributed by atoms with Gasteiger partial charge in [-0.05, 0) is 69.0 Å². The van der Waals surface area contributed by atoms with Crippen LogP contribution in [0.4, 0.5) is 0 Å². The van der Waals surface area contributed by atoms with Crippen LogP contribution in [0.2, 0.25) is 0 Å². The first-order chi connectivity index (χ1) is 14.5. The van der Waals surface area contributed by atoms with Gasteiger partial charge in [0, 0.05) is 18.7 Å². The maximum absolute atomic E-state index is 12.7. The van der Waals surface area contributed by atoms with Crippen LogP contribution in [-0.4, -0.2) is 49.5 Å². The van der Waals surface area contributed by atoms with E-state index in [2.05, 4.69) is 42.2 Å². The van der Waals surface area contributed by atoms with E-state index in [4.69, 9.17) is 0 Å². The lowest BCUT2D eigenvalue weighted by Crippen LogP contribution is -2.36. The molecule has 1 aliphatic heterocycles. The van der Waals surface area contributed by atoms with Crippen molar-refractivity contribution in [1.82, 2.24) is 19.7 Å². The van der Waals surface area contributed by atoms with Gasteiger partial charge in [0.05, 0.1) is 11.4 Å². The van der Waals surface area contributed by atoms with E-state index >= 15 is 0 Å². The highest BCUT2D eigenvalue weighted by Crippen LogP contribution is 2.30. The van der Waals surface area contributed by atoms with Crippen LogP contribution in [0, 0.1) is 13.8 Å². The molecule has 1 aliphatic rings. The third kappa shape index (κ3) is 4.36. The van der Waals surface area contributed by atoms with E-state index in [1.165, 1.54) is 23.7 Å². The van der Waals surface area contributed by atoms with Crippen molar-refractivity contribution >= 4 is 17.7 Å². The number of likely N-dealkylation sites (tertiary alicyclic amines) is 1. The summed E-state index contributed by atoms with van der Waals surface area (Å²) >= 11 is 1.42. The Balaban J connectivity index is 1.67. The van der Waals surface area contributed by atoms with Crippen LogP contribution in [0.15, 0.2) is 47.6 Å². The van der Waals surface area contributed by atoms with Gasteiger partial charge in [0.2, 0.25) is 5.91 Å². The highest BCUT2D eigenvalue weighted by molar-refractivity contribution is 7.99. The zero-order valence-electron chi connectivity index (χ0n) is 17.3. The number of thioether (sulfide) groups is 1. The van der Waals surface area contributed by atoms with Crippen LogP contribution in [0.3, 0.4) is 0 Å². The number of aryl methyl sites for hydroxylation is 2. The number of phenolic OH excluding ortho intramolecular Hbond substituents is 1. The highest BCUT2D eigenvalue weighted by atomic mass is 32.2. The molecule has 6 nitrogen and oxygen atoms in total. The molecule has 1 saturated heterocycles. The Morgan fingerprint density at radius 3 is 2.47 bits per heavy atom. The molecular weight excluding hydrogens is 396 g/mol. The van der Waals surface area contributed by atoms with Gasteiger partial charge in [0.25, 0.3) is 0 Å². The first kappa shape index (κ1) is 20.5. The quantitative estimate of drug-likeness (QED) is 0.619. The molecule has 0 bridgehead atoms. The van der Waals surface area contributed by atoms with Crippen LogP contribution in [0.5, 0.6) is 5.75 Å². The Labute approximate surface area is 180 Å². The molecule has 2 heterocycles. The molecule has 4 rings (SSSR count). The molecule has 3 aromatic rings. The van der Waals surface area contributed by atoms with E-state index in [0.29, 0.717) is 16.7 Å². The number of amides is 1. The van der Waals surface area contributed by atoms with Gasteiger partial charge >= 0.3 is 0 Å². The number of aromatic nitrogens is 3. The monoisotopic (exact) mass is 422 g/mol. The largest absolute Gasteiger partial charge is 0.508 e. The number of aromatic hydroxyl groups is 1. The molecule has 0 radical (unpaired) electrons. The van der Waals surface area contributed by atoms with Gasteiger partial charge < -0.3 is 10.0 Å². The van der Waals surface area contributed by atoms with Crippen LogP contribution < -0.4 is 0 Å². The minimum absolute atomic E-state index is 0.154. The molecule has 0 spiro atoms. The molecule has 0 atom stereocenters. The summed E-state index contributed by atoms with van der Waals surface area (Å²) in [5.74, 6) is 1.40. The van der Waals surface area contributed by atoms with Gasteiger partial charge in [-0.25, -0.2) is 0 Å². The van der Waals surface area contributed by atoms with E-state index in [1.807, 2.05) is 21.6 Å². The zero-order valence-corrected chi connectivity index (χ0v) is 18.2. The normalized spacial score (nSPS) is 14.1. The van der Waals surface area contributed by atoms with Gasteiger partial charge in [-0.15, -0.1) is 10.2 Å². The van der Waals surface area contributed by atoms with Crippen LogP contribution in [0.1, 0.15) is 30.4 Å². The fraction of sp³-hybridized carbons (Fsp3) is 0.348. The molecule has 7 heteroatoms. The number of phenols is 1. The molecule has 0 saturated carbocycles. The minimum Gasteiger partial charge on any atom is -0.508 e. The van der Waals surface area contributed by atoms with Crippen molar-refractivity contribution < 1.29 is 9.90 Å². The van der Waals surface area contributed by atoms with Crippen molar-refractivity contribution in [3.05, 3.63) is 53.6 Å². The topological polar surface area (TPSA) is 71.2 Å². The molecule has 1 fully saturated rings. The summed E-state index contributed by atoms with van der Waals surface area (Å²) in [6.45, 7) is 5.83. The van der Waals surface area contributed by atoms with Crippen molar-refractivity contribution in [2.45, 2.75) is 38.3 Å². The summed E-state index contributed by atoms with van der Waals surface area (Å²) in [7, 11) is 0. The average Bonchev–Trinajstić information content (AvgIpc) is 3.17. The van der Waals surface area contributed by atoms with Gasteiger partial charge in [0.1, 0.15) is 5.75 Å². The third-order valence-electron chi connectivity index (χ3n) is 5.39. The SMILES string of the molecule is Cc1ccc(-n2c(SCC(=O)N3CCCCC3)nnc2-c2ccc(O)cc2)c(C)c1. The first-order valence-corrected chi connectivity index (χ1v) is 11.2. The molecule has 1 aromatic heterocycles. The number of rotatable bonds is 5. The lowest BCUT2D eigenvalue weighted by Gasteiger charge is -2.26. The maximum atomic E-state index is 12.7. The zero-order chi connectivity index (χ0) is 21.1. The molecule has 2 aromatic carbocycles. The molecular formula is C23H26N4O2S. The van der Waals surface area contributed by atoms with Gasteiger partial charge in [0.15, 0.2) is 11.0 Å². The second-order valence-corrected chi connectivity index (χ2v) is 8.65. The standard InChI is InChI=1S/C23H26N4O2S/c1-16-6-11-20(17(2)14-16)27-22(18-7-9-19(28)10-8-18)24-25-23(27)30-15-21(29)26-12-4-3-5-13-26/h6-11,14,28H,3-5,12-13,15H2,1-2H3. The lowest BCUT2D eigenvalue weighted by atomic mass is 10.1. The number of benzene rings is 2. The van der Waals surface area contributed by atoms with Crippen molar-refractivity contribution in [3.63, 3.8) is 0 Å². The maximum Gasteiger partial charge on any atom is 0.233 e. The number of hydrogen-bond acceptors (Lipinski definition) is 5. The molecule has 0 unspecified atom stereocenters. The Morgan fingerprint density at radius 2 is 1.77 bits per heavy atom. The fourth-order valence-electron chi connectivity index (χ4n) is 3.80. The second kappa shape index (κ2) is 8.92. The minimum atomic E-state index is 0.154. The van der Waals surface area contributed by atoms with Gasteiger partial charge in [-0.3, -0.25) is 9.36 Å². The summed E-state index contributed by atoms with van der Waals surface area (Å²) in [6.07, 6.45) is 3.37. The smallest absolute Gasteiger partial charge is 0.233 e. The van der Waals surface area contributed by atoms with Gasteiger partial charge in [-0.1, -0.05) is 29.5 Å². The fourth-order valence-corrected chi connectivity index (χ4v) is 4.64. The number of hydrogen-bond donors (Lipinski definition) is 1. The van der Waals surface area contributed by atoms with Gasteiger partial charge in [-0.2, -0.15) is 0 Å². The highest BCUT2D eigenvalue weighted by Gasteiger charge is 2.21. The van der Waals surface area contributed by atoms with E-state index in [9.17, 15) is 9.90 Å². The summed E-state index contributed by atoms with van der Waals surface area (Å²) in [6, 6.07) is 13.2. The summed E-state index contributed by atoms with van der Waals surface area (Å²) in [4.78, 5) is 14.6. The summed E-state index contributed by atoms with van der Waals surface area (Å²) in [5, 5.41) is 19.2. The van der Waals surface area contributed by atoms with Crippen molar-refractivity contribution in [3.8, 4) is 22.8 Å². The predicted molar refractivity (Wildman–Crippen MR) is 119 cm³/mol. The van der Waals surface area contributed by atoms with Crippen molar-refractivity contribution in [2.75, 3.05) is 18.8 Å². The van der Waals surface area contributed by atoms with Crippen LogP contribution >= 0.6 is 11.8 Å². The first-order valence-electron chi connectivity index (χ1n) is 10.3. The predicted octanol–water partition coefficient (Wildman–Crippen LogP) is 4.36. The van der Waals surface area contributed by atoms with Crippen LogP contribution in [-0.2, 0) is 4.79 Å². The van der Waals surface area contributed by atoms with Crippen LogP contribution in [0.25, 0.3) is 17.1 Å². The van der Waals surface area contributed by atoms with E-state index in [-0.39, 0.29) is 11.7 Å². The Hall–Kier alpha value is -2.80. The lowest BCUT2D eigenvalue weighted by molar-refractivity contribution is -0.129. The number of carbonyl (C=O) groups is 1. The van der Waals surface area contributed by atoms with E-state index < -0.39 is 0 Å². The molecule has 156 valence electrons. The Bertz CT molecular complexity index is 1040. The number of nitrogens with zero attached hydrogens (tertiary/aromatic N) is 4. The average molecular weight is 423 g/mol. The van der Waals surface area contributed by atoms with Crippen molar-refractivity contribution in [1.29, 1.82) is 0 Å². The summed E-state index contributed by atoms with van der Waals surface area (Å²) in [5.41, 5.74) is 4.14. The molecule has 1 N–H and O–H groups in total. The summed E-state index contributed by atoms with van der Waals surface area (Å²) < 4.78 is 2.01. The van der Waals surface area contributed by atoms with E-state index in [0.717, 1.165) is 42.7 Å². The van der Waals surface area contributed by atoms with Crippen molar-refractivity contribution in [2.24, 2.45) is 0 Å². The molecule has 30 heavy (non-hydrogen) atoms. The number of carbonyl (C=O) groups excluding carboxylic acids is 1. The number of piperidine rings is 1. The van der Waals surface area contributed by atoms with E-state index in [1.54, 1.807) is 12.1 Å².